The minimum Gasteiger partial charge on any atom is -0.352 e. The molecule has 1 fully saturated rings. The Morgan fingerprint density at radius 1 is 1.13 bits per heavy atom. The number of aromatic amines is 1. The molecule has 3 N–H and O–H groups in total. The van der Waals surface area contributed by atoms with Crippen LogP contribution in [0.5, 0.6) is 0 Å². The Morgan fingerprint density at radius 3 is 2.67 bits per heavy atom. The van der Waals surface area contributed by atoms with E-state index in [0.717, 1.165) is 27.7 Å². The van der Waals surface area contributed by atoms with Crippen LogP contribution in [0.4, 0.5) is 10.5 Å². The van der Waals surface area contributed by atoms with Gasteiger partial charge in [0.25, 0.3) is 5.91 Å². The van der Waals surface area contributed by atoms with Gasteiger partial charge in [0.15, 0.2) is 0 Å². The number of urea groups is 1. The molecular weight excluding hydrogens is 382 g/mol. The summed E-state index contributed by atoms with van der Waals surface area (Å²) in [5.74, 6) is -0.522. The van der Waals surface area contributed by atoms with Gasteiger partial charge in [0, 0.05) is 29.6 Å². The average Bonchev–Trinajstić information content (AvgIpc) is 3.21. The summed E-state index contributed by atoms with van der Waals surface area (Å²) in [5.41, 5.74) is 3.26. The minimum absolute atomic E-state index is 0.135. The molecule has 154 valence electrons. The Hall–Kier alpha value is -3.68. The second-order valence-electron chi connectivity index (χ2n) is 7.40. The average molecular weight is 405 g/mol. The predicted molar refractivity (Wildman–Crippen MR) is 113 cm³/mol. The summed E-state index contributed by atoms with van der Waals surface area (Å²) in [5, 5.41) is 14.3. The second kappa shape index (κ2) is 7.98. The molecular formula is C22H23N5O3. The lowest BCUT2D eigenvalue weighted by Gasteiger charge is -2.15. The molecule has 0 unspecified atom stereocenters. The van der Waals surface area contributed by atoms with E-state index in [2.05, 4.69) is 20.8 Å². The number of fused-ring (bicyclic) bond motifs is 1. The largest absolute Gasteiger partial charge is 0.352 e. The number of carbonyl (C=O) groups is 3. The molecule has 2 aromatic carbocycles. The summed E-state index contributed by atoms with van der Waals surface area (Å²) in [6.45, 7) is 4.15. The lowest BCUT2D eigenvalue weighted by molar-refractivity contribution is -0.122. The lowest BCUT2D eigenvalue weighted by Crippen LogP contribution is -2.32. The second-order valence-corrected chi connectivity index (χ2v) is 7.40. The molecule has 3 aromatic rings. The molecule has 0 spiro atoms. The molecule has 8 heteroatoms. The van der Waals surface area contributed by atoms with E-state index in [-0.39, 0.29) is 24.7 Å². The van der Waals surface area contributed by atoms with Gasteiger partial charge in [-0.05, 0) is 31.7 Å². The summed E-state index contributed by atoms with van der Waals surface area (Å²) in [4.78, 5) is 38.9. The van der Waals surface area contributed by atoms with Crippen molar-refractivity contribution in [1.29, 1.82) is 0 Å². The number of nitrogens with one attached hydrogen (secondary N) is 3. The van der Waals surface area contributed by atoms with Gasteiger partial charge in [0.1, 0.15) is 6.04 Å². The van der Waals surface area contributed by atoms with Gasteiger partial charge in [-0.1, -0.05) is 36.4 Å². The number of nitrogens with zero attached hydrogens (tertiary/aromatic N) is 2. The molecule has 0 saturated carbocycles. The van der Waals surface area contributed by atoms with Crippen LogP contribution in [-0.4, -0.2) is 34.1 Å². The molecule has 1 aromatic heterocycles. The fourth-order valence-electron chi connectivity index (χ4n) is 3.74. The van der Waals surface area contributed by atoms with Crippen molar-refractivity contribution in [3.05, 3.63) is 59.4 Å². The van der Waals surface area contributed by atoms with Crippen molar-refractivity contribution in [2.24, 2.45) is 0 Å². The molecule has 1 aliphatic heterocycles. The van der Waals surface area contributed by atoms with Crippen molar-refractivity contribution in [1.82, 2.24) is 20.8 Å². The van der Waals surface area contributed by atoms with Crippen LogP contribution in [0, 0.1) is 13.8 Å². The number of aromatic nitrogens is 2. The fraction of sp³-hybridized carbons (Fsp3) is 0.273. The van der Waals surface area contributed by atoms with Crippen molar-refractivity contribution in [2.45, 2.75) is 39.3 Å². The minimum atomic E-state index is -0.723. The number of aryl methyl sites for hydroxylation is 2. The van der Waals surface area contributed by atoms with Crippen LogP contribution in [-0.2, 0) is 16.1 Å². The van der Waals surface area contributed by atoms with E-state index in [1.807, 2.05) is 50.2 Å². The summed E-state index contributed by atoms with van der Waals surface area (Å²) in [6, 6.07) is 11.9. The topological polar surface area (TPSA) is 107 Å². The van der Waals surface area contributed by atoms with Crippen LogP contribution < -0.4 is 15.5 Å². The normalized spacial score (nSPS) is 16.2. The zero-order valence-corrected chi connectivity index (χ0v) is 16.9. The number of hydrogen-bond donors (Lipinski definition) is 3. The van der Waals surface area contributed by atoms with Gasteiger partial charge in [0.2, 0.25) is 5.91 Å². The number of H-pyrrole nitrogens is 1. The quantitative estimate of drug-likeness (QED) is 0.548. The first-order valence-corrected chi connectivity index (χ1v) is 9.85. The maximum Gasteiger partial charge on any atom is 0.329 e. The monoisotopic (exact) mass is 405 g/mol. The molecule has 0 aliphatic carbocycles. The summed E-state index contributed by atoms with van der Waals surface area (Å²) >= 11 is 0. The van der Waals surface area contributed by atoms with Crippen molar-refractivity contribution in [3.63, 3.8) is 0 Å². The Balaban J connectivity index is 1.40. The van der Waals surface area contributed by atoms with E-state index < -0.39 is 12.1 Å². The summed E-state index contributed by atoms with van der Waals surface area (Å²) in [6.07, 6.45) is 0.372. The van der Waals surface area contributed by atoms with Crippen LogP contribution in [0.15, 0.2) is 42.5 Å². The van der Waals surface area contributed by atoms with E-state index in [1.54, 1.807) is 6.07 Å². The Labute approximate surface area is 173 Å². The third-order valence-corrected chi connectivity index (χ3v) is 5.43. The number of imide groups is 1. The molecule has 1 aliphatic rings. The molecule has 30 heavy (non-hydrogen) atoms. The van der Waals surface area contributed by atoms with Gasteiger partial charge in [0.05, 0.1) is 11.4 Å². The standard InChI is InChI=1S/C22H23N5O3/c1-13-17(14(2)26-25-13)12-23-20(28)11-10-18-21(29)27(22(30)24-18)19-9-5-7-15-6-3-4-8-16(15)19/h3-9,18H,10-12H2,1-2H3,(H,23,28)(H,24,30)(H,25,26)/t18-/m1/s1. The first-order valence-electron chi connectivity index (χ1n) is 9.85. The summed E-state index contributed by atoms with van der Waals surface area (Å²) < 4.78 is 0. The molecule has 1 saturated heterocycles. The van der Waals surface area contributed by atoms with Crippen LogP contribution in [0.1, 0.15) is 29.8 Å². The van der Waals surface area contributed by atoms with Gasteiger partial charge >= 0.3 is 6.03 Å². The Bertz CT molecular complexity index is 1110. The number of carbonyl (C=O) groups excluding carboxylic acids is 3. The number of amides is 4. The third kappa shape index (κ3) is 3.63. The third-order valence-electron chi connectivity index (χ3n) is 5.43. The maximum atomic E-state index is 12.9. The van der Waals surface area contributed by atoms with Crippen molar-refractivity contribution in [2.75, 3.05) is 4.90 Å². The SMILES string of the molecule is Cc1n[nH]c(C)c1CNC(=O)CC[C@H]1NC(=O)N(c2cccc3ccccc23)C1=O. The zero-order chi connectivity index (χ0) is 21.3. The molecule has 4 rings (SSSR count). The van der Waals surface area contributed by atoms with Crippen molar-refractivity contribution in [3.8, 4) is 0 Å². The first-order chi connectivity index (χ1) is 14.5. The lowest BCUT2D eigenvalue weighted by atomic mass is 10.1. The molecule has 0 radical (unpaired) electrons. The van der Waals surface area contributed by atoms with Gasteiger partial charge in [-0.3, -0.25) is 14.7 Å². The molecule has 0 bridgehead atoms. The smallest absolute Gasteiger partial charge is 0.329 e. The number of hydrogen-bond acceptors (Lipinski definition) is 4. The highest BCUT2D eigenvalue weighted by Gasteiger charge is 2.39. The van der Waals surface area contributed by atoms with Crippen molar-refractivity contribution >= 4 is 34.3 Å². The number of rotatable bonds is 6. The summed E-state index contributed by atoms with van der Waals surface area (Å²) in [7, 11) is 0. The highest BCUT2D eigenvalue weighted by molar-refractivity contribution is 6.24. The predicted octanol–water partition coefficient (Wildman–Crippen LogP) is 2.70. The van der Waals surface area contributed by atoms with Crippen LogP contribution >= 0.6 is 0 Å². The van der Waals surface area contributed by atoms with Crippen LogP contribution in [0.3, 0.4) is 0 Å². The Morgan fingerprint density at radius 2 is 1.90 bits per heavy atom. The van der Waals surface area contributed by atoms with Crippen LogP contribution in [0.2, 0.25) is 0 Å². The maximum absolute atomic E-state index is 12.9. The molecule has 2 heterocycles. The number of benzene rings is 2. The highest BCUT2D eigenvalue weighted by Crippen LogP contribution is 2.29. The molecule has 8 nitrogen and oxygen atoms in total. The fourth-order valence-corrected chi connectivity index (χ4v) is 3.74. The van der Waals surface area contributed by atoms with Gasteiger partial charge in [-0.25, -0.2) is 9.69 Å². The van der Waals surface area contributed by atoms with Crippen LogP contribution in [0.25, 0.3) is 10.8 Å². The first kappa shape index (κ1) is 19.6. The van der Waals surface area contributed by atoms with E-state index in [0.29, 0.717) is 12.2 Å². The Kier molecular flexibility index (Phi) is 5.22. The molecule has 4 amide bonds. The van der Waals surface area contributed by atoms with Gasteiger partial charge < -0.3 is 10.6 Å². The van der Waals surface area contributed by atoms with E-state index in [9.17, 15) is 14.4 Å². The zero-order valence-electron chi connectivity index (χ0n) is 16.9. The molecule has 1 atom stereocenters. The number of anilines is 1. The van der Waals surface area contributed by atoms with E-state index >= 15 is 0 Å². The van der Waals surface area contributed by atoms with E-state index in [4.69, 9.17) is 0 Å². The van der Waals surface area contributed by atoms with E-state index in [1.165, 1.54) is 4.90 Å². The van der Waals surface area contributed by atoms with Gasteiger partial charge in [-0.15, -0.1) is 0 Å². The van der Waals surface area contributed by atoms with Gasteiger partial charge in [-0.2, -0.15) is 5.10 Å². The highest BCUT2D eigenvalue weighted by atomic mass is 16.2. The van der Waals surface area contributed by atoms with Crippen molar-refractivity contribution < 1.29 is 14.4 Å².